The van der Waals surface area contributed by atoms with E-state index in [9.17, 15) is 9.59 Å². The van der Waals surface area contributed by atoms with Crippen LogP contribution in [0.25, 0.3) is 0 Å². The third kappa shape index (κ3) is 5.79. The summed E-state index contributed by atoms with van der Waals surface area (Å²) >= 11 is 0. The van der Waals surface area contributed by atoms with Crippen molar-refractivity contribution < 1.29 is 9.59 Å². The molecule has 0 bridgehead atoms. The van der Waals surface area contributed by atoms with Crippen molar-refractivity contribution in [3.05, 3.63) is 35.9 Å². The fourth-order valence-electron chi connectivity index (χ4n) is 4.44. The molecule has 1 aromatic rings. The second kappa shape index (κ2) is 10.0. The van der Waals surface area contributed by atoms with Crippen LogP contribution in [0, 0.1) is 5.41 Å². The van der Waals surface area contributed by atoms with Crippen molar-refractivity contribution in [1.82, 2.24) is 15.1 Å². The van der Waals surface area contributed by atoms with Gasteiger partial charge in [0.25, 0.3) is 0 Å². The summed E-state index contributed by atoms with van der Waals surface area (Å²) in [6.45, 7) is 4.73. The Hall–Kier alpha value is -1.92. The van der Waals surface area contributed by atoms with Gasteiger partial charge in [-0.05, 0) is 30.4 Å². The molecule has 1 saturated carbocycles. The number of amides is 2. The quantitative estimate of drug-likeness (QED) is 0.748. The number of nitrogens with one attached hydrogen (secondary N) is 1. The van der Waals surface area contributed by atoms with Gasteiger partial charge in [0.1, 0.15) is 0 Å². The maximum atomic E-state index is 12.5. The second-order valence-corrected chi connectivity index (χ2v) is 8.36. The lowest BCUT2D eigenvalue weighted by molar-refractivity contribution is -0.135. The lowest BCUT2D eigenvalue weighted by Crippen LogP contribution is -2.51. The van der Waals surface area contributed by atoms with E-state index in [1.54, 1.807) is 0 Å². The molecule has 1 aliphatic carbocycles. The van der Waals surface area contributed by atoms with Crippen LogP contribution in [0.2, 0.25) is 0 Å². The van der Waals surface area contributed by atoms with Crippen LogP contribution < -0.4 is 11.1 Å². The molecule has 6 nitrogen and oxygen atoms in total. The van der Waals surface area contributed by atoms with Gasteiger partial charge < -0.3 is 16.0 Å². The molecule has 0 atom stereocenters. The highest BCUT2D eigenvalue weighted by atomic mass is 16.2. The molecule has 3 N–H and O–H groups in total. The molecule has 2 amide bonds. The normalized spacial score (nSPS) is 20.0. The Morgan fingerprint density at radius 2 is 1.68 bits per heavy atom. The summed E-state index contributed by atoms with van der Waals surface area (Å²) in [5.41, 5.74) is 7.20. The van der Waals surface area contributed by atoms with E-state index in [1.165, 1.54) is 12.0 Å². The van der Waals surface area contributed by atoms with Crippen LogP contribution in [0.3, 0.4) is 0 Å². The van der Waals surface area contributed by atoms with E-state index in [4.69, 9.17) is 5.73 Å². The van der Waals surface area contributed by atoms with Crippen molar-refractivity contribution in [3.63, 3.8) is 0 Å². The molecule has 0 spiro atoms. The number of carbonyl (C=O) groups is 2. The monoisotopic (exact) mass is 386 g/mol. The van der Waals surface area contributed by atoms with E-state index in [0.717, 1.165) is 45.3 Å². The maximum Gasteiger partial charge on any atom is 0.242 e. The number of carbonyl (C=O) groups excluding carboxylic acids is 2. The SMILES string of the molecule is NCC1(CC(=O)NCC(=O)N2CCN(Cc3ccccc3)CC2)CCCCC1. The summed E-state index contributed by atoms with van der Waals surface area (Å²) in [4.78, 5) is 29.1. The molecule has 1 saturated heterocycles. The number of hydrogen-bond acceptors (Lipinski definition) is 4. The maximum absolute atomic E-state index is 12.5. The molecule has 0 aromatic heterocycles. The Labute approximate surface area is 168 Å². The molecule has 2 fully saturated rings. The van der Waals surface area contributed by atoms with E-state index in [2.05, 4.69) is 34.5 Å². The average molecular weight is 387 g/mol. The highest BCUT2D eigenvalue weighted by Gasteiger charge is 2.33. The minimum Gasteiger partial charge on any atom is -0.347 e. The van der Waals surface area contributed by atoms with Crippen LogP contribution in [0.5, 0.6) is 0 Å². The van der Waals surface area contributed by atoms with Gasteiger partial charge in [-0.3, -0.25) is 14.5 Å². The summed E-state index contributed by atoms with van der Waals surface area (Å²) in [5.74, 6) is -0.0263. The van der Waals surface area contributed by atoms with E-state index < -0.39 is 0 Å². The molecular weight excluding hydrogens is 352 g/mol. The van der Waals surface area contributed by atoms with Gasteiger partial charge in [-0.1, -0.05) is 49.6 Å². The van der Waals surface area contributed by atoms with E-state index >= 15 is 0 Å². The molecule has 28 heavy (non-hydrogen) atoms. The molecule has 3 rings (SSSR count). The number of nitrogens with zero attached hydrogens (tertiary/aromatic N) is 2. The average Bonchev–Trinajstić information content (AvgIpc) is 2.74. The first kappa shape index (κ1) is 20.8. The fourth-order valence-corrected chi connectivity index (χ4v) is 4.44. The Bertz CT molecular complexity index is 635. The molecule has 1 heterocycles. The van der Waals surface area contributed by atoms with Crippen LogP contribution in [0.1, 0.15) is 44.1 Å². The summed E-state index contributed by atoms with van der Waals surface area (Å²) in [6.07, 6.45) is 6.02. The molecule has 0 unspecified atom stereocenters. The third-order valence-electron chi connectivity index (χ3n) is 6.29. The largest absolute Gasteiger partial charge is 0.347 e. The van der Waals surface area contributed by atoms with Gasteiger partial charge >= 0.3 is 0 Å². The first-order chi connectivity index (χ1) is 13.6. The molecular formula is C22H34N4O2. The zero-order valence-corrected chi connectivity index (χ0v) is 16.9. The Kier molecular flexibility index (Phi) is 7.45. The first-order valence-corrected chi connectivity index (χ1v) is 10.6. The lowest BCUT2D eigenvalue weighted by atomic mass is 9.71. The smallest absolute Gasteiger partial charge is 0.242 e. The number of hydrogen-bond donors (Lipinski definition) is 2. The van der Waals surface area contributed by atoms with Crippen molar-refractivity contribution in [2.45, 2.75) is 45.1 Å². The second-order valence-electron chi connectivity index (χ2n) is 8.36. The summed E-state index contributed by atoms with van der Waals surface area (Å²) in [5, 5.41) is 2.84. The Morgan fingerprint density at radius 1 is 1.00 bits per heavy atom. The topological polar surface area (TPSA) is 78.7 Å². The predicted molar refractivity (Wildman–Crippen MR) is 110 cm³/mol. The number of nitrogens with two attached hydrogens (primary N) is 1. The Morgan fingerprint density at radius 3 is 2.32 bits per heavy atom. The molecule has 1 aliphatic heterocycles. The zero-order chi connectivity index (χ0) is 19.8. The molecule has 1 aromatic carbocycles. The highest BCUT2D eigenvalue weighted by Crippen LogP contribution is 2.38. The van der Waals surface area contributed by atoms with Crippen LogP contribution in [0.15, 0.2) is 30.3 Å². The van der Waals surface area contributed by atoms with Crippen molar-refractivity contribution in [2.75, 3.05) is 39.3 Å². The van der Waals surface area contributed by atoms with Gasteiger partial charge in [-0.15, -0.1) is 0 Å². The van der Waals surface area contributed by atoms with Crippen molar-refractivity contribution in [2.24, 2.45) is 11.1 Å². The standard InChI is InChI=1S/C22H34N4O2/c23-18-22(9-5-2-6-10-22)15-20(27)24-16-21(28)26-13-11-25(12-14-26)17-19-7-3-1-4-8-19/h1,3-4,7-8H,2,5-6,9-18,23H2,(H,24,27). The molecule has 6 heteroatoms. The Balaban J connectivity index is 1.38. The summed E-state index contributed by atoms with van der Waals surface area (Å²) < 4.78 is 0. The summed E-state index contributed by atoms with van der Waals surface area (Å²) in [7, 11) is 0. The zero-order valence-electron chi connectivity index (χ0n) is 16.9. The van der Waals surface area contributed by atoms with E-state index in [0.29, 0.717) is 26.1 Å². The van der Waals surface area contributed by atoms with E-state index in [1.807, 2.05) is 11.0 Å². The number of piperazine rings is 1. The van der Waals surface area contributed by atoms with Crippen LogP contribution in [0.4, 0.5) is 0 Å². The van der Waals surface area contributed by atoms with Crippen molar-refractivity contribution >= 4 is 11.8 Å². The fraction of sp³-hybridized carbons (Fsp3) is 0.636. The van der Waals surface area contributed by atoms with Crippen molar-refractivity contribution in [3.8, 4) is 0 Å². The third-order valence-corrected chi connectivity index (χ3v) is 6.29. The van der Waals surface area contributed by atoms with Crippen LogP contribution >= 0.6 is 0 Å². The van der Waals surface area contributed by atoms with Gasteiger partial charge in [-0.2, -0.15) is 0 Å². The molecule has 2 aliphatic rings. The van der Waals surface area contributed by atoms with Gasteiger partial charge in [0.15, 0.2) is 0 Å². The van der Waals surface area contributed by atoms with Gasteiger partial charge in [-0.25, -0.2) is 0 Å². The van der Waals surface area contributed by atoms with Crippen LogP contribution in [-0.4, -0.2) is 60.9 Å². The van der Waals surface area contributed by atoms with Crippen molar-refractivity contribution in [1.29, 1.82) is 0 Å². The predicted octanol–water partition coefficient (Wildman–Crippen LogP) is 1.75. The van der Waals surface area contributed by atoms with E-state index in [-0.39, 0.29) is 23.8 Å². The van der Waals surface area contributed by atoms with Gasteiger partial charge in [0.05, 0.1) is 6.54 Å². The lowest BCUT2D eigenvalue weighted by Gasteiger charge is -2.36. The molecule has 0 radical (unpaired) electrons. The summed E-state index contributed by atoms with van der Waals surface area (Å²) in [6, 6.07) is 10.4. The number of benzene rings is 1. The minimum atomic E-state index is -0.0611. The van der Waals surface area contributed by atoms with Gasteiger partial charge in [0, 0.05) is 39.1 Å². The first-order valence-electron chi connectivity index (χ1n) is 10.6. The van der Waals surface area contributed by atoms with Crippen LogP contribution in [-0.2, 0) is 16.1 Å². The number of rotatable bonds is 7. The van der Waals surface area contributed by atoms with Gasteiger partial charge in [0.2, 0.25) is 11.8 Å². The highest BCUT2D eigenvalue weighted by molar-refractivity contribution is 5.85. The minimum absolute atomic E-state index is 0.0122. The molecule has 154 valence electrons.